The van der Waals surface area contributed by atoms with Crippen molar-refractivity contribution >= 4 is 5.97 Å². The van der Waals surface area contributed by atoms with E-state index in [1.54, 1.807) is 0 Å². The van der Waals surface area contributed by atoms with Gasteiger partial charge in [-0.3, -0.25) is 4.79 Å². The second-order valence-electron chi connectivity index (χ2n) is 6.03. The zero-order chi connectivity index (χ0) is 13.3. The Balaban J connectivity index is 2.17. The zero-order valence-electron chi connectivity index (χ0n) is 11.6. The van der Waals surface area contributed by atoms with Crippen molar-refractivity contribution in [2.45, 2.75) is 58.7 Å². The Morgan fingerprint density at radius 2 is 2.11 bits per heavy atom. The number of carbonyl (C=O) groups excluding carboxylic acids is 1. The summed E-state index contributed by atoms with van der Waals surface area (Å²) in [4.78, 5) is 11.7. The number of hydrogen-bond donors (Lipinski definition) is 1. The minimum absolute atomic E-state index is 0.00282. The minimum Gasteiger partial charge on any atom is -0.462 e. The van der Waals surface area contributed by atoms with E-state index in [-0.39, 0.29) is 30.0 Å². The van der Waals surface area contributed by atoms with Crippen LogP contribution in [0.25, 0.3) is 0 Å². The van der Waals surface area contributed by atoms with Crippen LogP contribution in [0.2, 0.25) is 0 Å². The number of aliphatic hydroxyl groups is 1. The van der Waals surface area contributed by atoms with Gasteiger partial charge in [0, 0.05) is 5.92 Å². The first kappa shape index (κ1) is 13.6. The van der Waals surface area contributed by atoms with E-state index in [1.807, 2.05) is 13.8 Å². The van der Waals surface area contributed by atoms with Crippen LogP contribution >= 0.6 is 0 Å². The van der Waals surface area contributed by atoms with Gasteiger partial charge in [-0.1, -0.05) is 25.5 Å². The molecule has 0 saturated carbocycles. The number of ether oxygens (including phenoxy) is 1. The molecule has 1 aliphatic carbocycles. The zero-order valence-corrected chi connectivity index (χ0v) is 11.6. The molecule has 102 valence electrons. The molecule has 0 amide bonds. The Morgan fingerprint density at radius 3 is 2.83 bits per heavy atom. The normalized spacial score (nSPS) is 44.8. The monoisotopic (exact) mass is 252 g/mol. The molecule has 3 nitrogen and oxygen atoms in total. The summed E-state index contributed by atoms with van der Waals surface area (Å²) in [5, 5.41) is 10.1. The molecule has 1 N–H and O–H groups in total. The molecule has 0 aromatic rings. The van der Waals surface area contributed by atoms with E-state index < -0.39 is 0 Å². The molecule has 0 bridgehead atoms. The number of allylic oxidation sites excluding steroid dienone is 1. The summed E-state index contributed by atoms with van der Waals surface area (Å²) in [6.45, 7) is 6.12. The second-order valence-corrected chi connectivity index (χ2v) is 6.03. The summed E-state index contributed by atoms with van der Waals surface area (Å²) < 4.78 is 5.49. The maximum Gasteiger partial charge on any atom is 0.309 e. The van der Waals surface area contributed by atoms with Crippen molar-refractivity contribution in [2.24, 2.45) is 17.8 Å². The fourth-order valence-corrected chi connectivity index (χ4v) is 3.07. The number of rotatable bonds is 0. The van der Waals surface area contributed by atoms with E-state index in [0.29, 0.717) is 12.3 Å². The Kier molecular flexibility index (Phi) is 4.10. The van der Waals surface area contributed by atoms with E-state index in [9.17, 15) is 9.90 Å². The lowest BCUT2D eigenvalue weighted by Crippen LogP contribution is -2.27. The van der Waals surface area contributed by atoms with Crippen molar-refractivity contribution in [3.63, 3.8) is 0 Å². The highest BCUT2D eigenvalue weighted by Gasteiger charge is 2.42. The minimum atomic E-state index is -0.326. The SMILES string of the molecule is C/C1=C\C[C@@H](O)[C@@H](C)C[C@H]2OC(=O)[C@H](C)[C@H]2CC1. The van der Waals surface area contributed by atoms with Crippen LogP contribution in [0, 0.1) is 17.8 Å². The molecule has 3 heteroatoms. The lowest BCUT2D eigenvalue weighted by atomic mass is 9.81. The van der Waals surface area contributed by atoms with Crippen LogP contribution in [0.4, 0.5) is 0 Å². The molecule has 1 fully saturated rings. The molecule has 2 aliphatic rings. The molecule has 0 radical (unpaired) electrons. The Morgan fingerprint density at radius 1 is 1.39 bits per heavy atom. The first-order valence-electron chi connectivity index (χ1n) is 7.03. The van der Waals surface area contributed by atoms with Gasteiger partial charge in [-0.15, -0.1) is 0 Å². The maximum atomic E-state index is 11.7. The smallest absolute Gasteiger partial charge is 0.309 e. The molecule has 0 aromatic carbocycles. The third-order valence-electron chi connectivity index (χ3n) is 4.60. The topological polar surface area (TPSA) is 46.5 Å². The summed E-state index contributed by atoms with van der Waals surface area (Å²) in [7, 11) is 0. The summed E-state index contributed by atoms with van der Waals surface area (Å²) in [5.74, 6) is 0.436. The van der Waals surface area contributed by atoms with Gasteiger partial charge in [0.2, 0.25) is 0 Å². The Bertz CT molecular complexity index is 348. The van der Waals surface area contributed by atoms with Gasteiger partial charge in [0.15, 0.2) is 0 Å². The van der Waals surface area contributed by atoms with Gasteiger partial charge in [0.1, 0.15) is 6.10 Å². The molecule has 0 unspecified atom stereocenters. The largest absolute Gasteiger partial charge is 0.462 e. The van der Waals surface area contributed by atoms with Gasteiger partial charge in [0.25, 0.3) is 0 Å². The number of carbonyl (C=O) groups is 1. The van der Waals surface area contributed by atoms with E-state index in [1.165, 1.54) is 5.57 Å². The molecule has 0 aromatic heterocycles. The summed E-state index contributed by atoms with van der Waals surface area (Å²) in [6.07, 6.45) is 5.34. The van der Waals surface area contributed by atoms with E-state index in [4.69, 9.17) is 4.74 Å². The van der Waals surface area contributed by atoms with Gasteiger partial charge in [0.05, 0.1) is 12.0 Å². The van der Waals surface area contributed by atoms with Gasteiger partial charge in [-0.05, 0) is 38.5 Å². The standard InChI is InChI=1S/C15H24O3/c1-9-4-6-12-11(3)15(17)18-14(12)8-10(2)13(16)7-5-9/h5,10-14,16H,4,6-8H2,1-3H3/b9-5+/t10-,11+,12+,13+,14+/m0/s1. The fraction of sp³-hybridized carbons (Fsp3) is 0.800. The van der Waals surface area contributed by atoms with Gasteiger partial charge in [-0.2, -0.15) is 0 Å². The van der Waals surface area contributed by atoms with Crippen LogP contribution in [0.3, 0.4) is 0 Å². The van der Waals surface area contributed by atoms with Crippen LogP contribution in [-0.2, 0) is 9.53 Å². The quantitative estimate of drug-likeness (QED) is 0.532. The van der Waals surface area contributed by atoms with Gasteiger partial charge >= 0.3 is 5.97 Å². The van der Waals surface area contributed by atoms with Crippen molar-refractivity contribution in [1.82, 2.24) is 0 Å². The van der Waals surface area contributed by atoms with Crippen LogP contribution in [0.5, 0.6) is 0 Å². The van der Waals surface area contributed by atoms with Crippen LogP contribution in [-0.4, -0.2) is 23.3 Å². The van der Waals surface area contributed by atoms with Crippen molar-refractivity contribution in [1.29, 1.82) is 0 Å². The number of aliphatic hydroxyl groups excluding tert-OH is 1. The average Bonchev–Trinajstić information content (AvgIpc) is 2.59. The average molecular weight is 252 g/mol. The van der Waals surface area contributed by atoms with Crippen LogP contribution < -0.4 is 0 Å². The van der Waals surface area contributed by atoms with Crippen molar-refractivity contribution in [3.05, 3.63) is 11.6 Å². The van der Waals surface area contributed by atoms with Crippen LogP contribution in [0.15, 0.2) is 11.6 Å². The van der Waals surface area contributed by atoms with E-state index in [2.05, 4.69) is 13.0 Å². The Hall–Kier alpha value is -0.830. The number of hydrogen-bond acceptors (Lipinski definition) is 3. The number of fused-ring (bicyclic) bond motifs is 1. The van der Waals surface area contributed by atoms with E-state index in [0.717, 1.165) is 19.3 Å². The summed E-state index contributed by atoms with van der Waals surface area (Å²) in [5.41, 5.74) is 1.31. The molecule has 1 heterocycles. The first-order valence-corrected chi connectivity index (χ1v) is 7.03. The van der Waals surface area contributed by atoms with Crippen LogP contribution in [0.1, 0.15) is 46.5 Å². The number of esters is 1. The second kappa shape index (κ2) is 5.43. The predicted octanol–water partition coefficient (Wildman–Crippen LogP) is 2.68. The van der Waals surface area contributed by atoms with Gasteiger partial charge in [-0.25, -0.2) is 0 Å². The van der Waals surface area contributed by atoms with Crippen molar-refractivity contribution in [3.8, 4) is 0 Å². The molecule has 1 saturated heterocycles. The predicted molar refractivity (Wildman–Crippen MR) is 69.9 cm³/mol. The van der Waals surface area contributed by atoms with Crippen molar-refractivity contribution < 1.29 is 14.6 Å². The summed E-state index contributed by atoms with van der Waals surface area (Å²) >= 11 is 0. The molecule has 5 atom stereocenters. The van der Waals surface area contributed by atoms with Crippen molar-refractivity contribution in [2.75, 3.05) is 0 Å². The Labute approximate surface area is 109 Å². The molecule has 0 spiro atoms. The molecule has 1 aliphatic heterocycles. The lowest BCUT2D eigenvalue weighted by Gasteiger charge is -2.26. The third-order valence-corrected chi connectivity index (χ3v) is 4.60. The highest BCUT2D eigenvalue weighted by molar-refractivity contribution is 5.74. The van der Waals surface area contributed by atoms with E-state index >= 15 is 0 Å². The molecule has 18 heavy (non-hydrogen) atoms. The highest BCUT2D eigenvalue weighted by atomic mass is 16.6. The molecular weight excluding hydrogens is 228 g/mol. The highest BCUT2D eigenvalue weighted by Crippen LogP contribution is 2.37. The first-order chi connectivity index (χ1) is 8.49. The maximum absolute atomic E-state index is 11.7. The summed E-state index contributed by atoms with van der Waals surface area (Å²) in [6, 6.07) is 0. The third kappa shape index (κ3) is 2.77. The molecule has 2 rings (SSSR count). The lowest BCUT2D eigenvalue weighted by molar-refractivity contribution is -0.144. The molecular formula is C15H24O3. The van der Waals surface area contributed by atoms with Gasteiger partial charge < -0.3 is 9.84 Å². The fourth-order valence-electron chi connectivity index (χ4n) is 3.07.